The van der Waals surface area contributed by atoms with Crippen LogP contribution in [-0.2, 0) is 9.59 Å². The molecule has 1 heterocycles. The zero-order valence-electron chi connectivity index (χ0n) is 12.3. The van der Waals surface area contributed by atoms with Crippen molar-refractivity contribution >= 4 is 17.8 Å². The van der Waals surface area contributed by atoms with Crippen molar-refractivity contribution in [3.63, 3.8) is 0 Å². The Morgan fingerprint density at radius 1 is 1.21 bits per heavy atom. The molecule has 6 nitrogen and oxygen atoms in total. The average Bonchev–Trinajstić information content (AvgIpc) is 2.29. The molecule has 4 amide bonds. The smallest absolute Gasteiger partial charge is 0.307 e. The summed E-state index contributed by atoms with van der Waals surface area (Å²) in [6.07, 6.45) is 0.791. The molecule has 1 unspecified atom stereocenters. The summed E-state index contributed by atoms with van der Waals surface area (Å²) in [6, 6.07) is -0.880. The van der Waals surface area contributed by atoms with E-state index in [0.717, 1.165) is 0 Å². The SMILES string of the molecule is CCC1(CC)C(=O)NC(=O)N(C(C)CN(C)C)C1=O. The maximum Gasteiger partial charge on any atom is 0.331 e. The molecular formula is C13H23N3O3. The summed E-state index contributed by atoms with van der Waals surface area (Å²) < 4.78 is 0. The van der Waals surface area contributed by atoms with E-state index in [4.69, 9.17) is 0 Å². The summed E-state index contributed by atoms with van der Waals surface area (Å²) in [5, 5.41) is 2.32. The summed E-state index contributed by atoms with van der Waals surface area (Å²) in [5.41, 5.74) is -1.10. The van der Waals surface area contributed by atoms with Crippen molar-refractivity contribution in [3.05, 3.63) is 0 Å². The van der Waals surface area contributed by atoms with Crippen molar-refractivity contribution in [3.8, 4) is 0 Å². The highest BCUT2D eigenvalue weighted by atomic mass is 16.2. The molecule has 0 aromatic heterocycles. The van der Waals surface area contributed by atoms with Gasteiger partial charge in [0.05, 0.1) is 6.04 Å². The van der Waals surface area contributed by atoms with Crippen molar-refractivity contribution < 1.29 is 14.4 Å². The standard InChI is InChI=1S/C13H23N3O3/c1-6-13(7-2)10(17)14-12(19)16(11(13)18)9(3)8-15(4)5/h9H,6-8H2,1-5H3,(H,14,17,19). The van der Waals surface area contributed by atoms with Crippen LogP contribution in [0.2, 0.25) is 0 Å². The largest absolute Gasteiger partial charge is 0.331 e. The van der Waals surface area contributed by atoms with Crippen molar-refractivity contribution in [2.24, 2.45) is 5.41 Å². The van der Waals surface area contributed by atoms with Crippen molar-refractivity contribution in [2.75, 3.05) is 20.6 Å². The number of imide groups is 2. The Morgan fingerprint density at radius 3 is 2.16 bits per heavy atom. The Labute approximate surface area is 114 Å². The van der Waals surface area contributed by atoms with Crippen LogP contribution in [0.15, 0.2) is 0 Å². The van der Waals surface area contributed by atoms with Crippen molar-refractivity contribution in [2.45, 2.75) is 39.7 Å². The van der Waals surface area contributed by atoms with E-state index in [2.05, 4.69) is 5.32 Å². The van der Waals surface area contributed by atoms with Crippen LogP contribution in [0, 0.1) is 5.41 Å². The number of likely N-dealkylation sites (N-methyl/N-ethyl adjacent to an activating group) is 1. The van der Waals surface area contributed by atoms with Gasteiger partial charge in [0.2, 0.25) is 11.8 Å². The molecule has 1 N–H and O–H groups in total. The van der Waals surface area contributed by atoms with E-state index < -0.39 is 17.4 Å². The second-order valence-corrected chi connectivity index (χ2v) is 5.33. The Balaban J connectivity index is 3.08. The lowest BCUT2D eigenvalue weighted by Gasteiger charge is -2.41. The number of rotatable bonds is 5. The van der Waals surface area contributed by atoms with Gasteiger partial charge in [-0.2, -0.15) is 0 Å². The first-order valence-electron chi connectivity index (χ1n) is 6.64. The molecule has 6 heteroatoms. The average molecular weight is 269 g/mol. The van der Waals surface area contributed by atoms with Crippen LogP contribution in [0.5, 0.6) is 0 Å². The lowest BCUT2D eigenvalue weighted by atomic mass is 9.78. The first kappa shape index (κ1) is 15.6. The zero-order valence-corrected chi connectivity index (χ0v) is 12.3. The second kappa shape index (κ2) is 5.69. The summed E-state index contributed by atoms with van der Waals surface area (Å²) in [7, 11) is 3.75. The Morgan fingerprint density at radius 2 is 1.74 bits per heavy atom. The van der Waals surface area contributed by atoms with E-state index in [0.29, 0.717) is 19.4 Å². The fraction of sp³-hybridized carbons (Fsp3) is 0.769. The van der Waals surface area contributed by atoms with Gasteiger partial charge in [-0.05, 0) is 33.9 Å². The molecule has 19 heavy (non-hydrogen) atoms. The summed E-state index contributed by atoms with van der Waals surface area (Å²) in [6.45, 7) is 5.97. The summed E-state index contributed by atoms with van der Waals surface area (Å²) in [5.74, 6) is -0.846. The minimum atomic E-state index is -1.10. The molecule has 0 saturated carbocycles. The molecule has 108 valence electrons. The van der Waals surface area contributed by atoms with Crippen molar-refractivity contribution in [1.29, 1.82) is 0 Å². The summed E-state index contributed by atoms with van der Waals surface area (Å²) in [4.78, 5) is 39.6. The van der Waals surface area contributed by atoms with Gasteiger partial charge in [0.25, 0.3) is 0 Å². The van der Waals surface area contributed by atoms with Gasteiger partial charge < -0.3 is 4.90 Å². The number of nitrogens with one attached hydrogen (secondary N) is 1. The normalized spacial score (nSPS) is 20.7. The number of hydrogen-bond acceptors (Lipinski definition) is 4. The molecule has 1 fully saturated rings. The van der Waals surface area contributed by atoms with Crippen molar-refractivity contribution in [1.82, 2.24) is 15.1 Å². The molecule has 0 spiro atoms. The third-order valence-corrected chi connectivity index (χ3v) is 3.78. The Kier molecular flexibility index (Phi) is 4.68. The third kappa shape index (κ3) is 2.63. The molecule has 0 aromatic rings. The molecular weight excluding hydrogens is 246 g/mol. The van der Waals surface area contributed by atoms with E-state index in [1.807, 2.05) is 25.9 Å². The first-order valence-corrected chi connectivity index (χ1v) is 6.64. The number of carbonyl (C=O) groups is 3. The van der Waals surface area contributed by atoms with Gasteiger partial charge in [0, 0.05) is 6.54 Å². The highest BCUT2D eigenvalue weighted by molar-refractivity contribution is 6.19. The molecule has 1 rings (SSSR count). The monoisotopic (exact) mass is 269 g/mol. The number of hydrogen-bond donors (Lipinski definition) is 1. The van der Waals surface area contributed by atoms with Crippen LogP contribution in [0.25, 0.3) is 0 Å². The maximum absolute atomic E-state index is 12.6. The van der Waals surface area contributed by atoms with E-state index >= 15 is 0 Å². The molecule has 0 radical (unpaired) electrons. The predicted molar refractivity (Wildman–Crippen MR) is 71.4 cm³/mol. The van der Waals surface area contributed by atoms with Gasteiger partial charge in [-0.3, -0.25) is 19.8 Å². The minimum absolute atomic E-state index is 0.270. The van der Waals surface area contributed by atoms with Crippen LogP contribution in [0.1, 0.15) is 33.6 Å². The highest BCUT2D eigenvalue weighted by Gasteiger charge is 2.52. The molecule has 0 aromatic carbocycles. The van der Waals surface area contributed by atoms with E-state index in [1.165, 1.54) is 4.90 Å². The maximum atomic E-state index is 12.6. The van der Waals surface area contributed by atoms with Crippen LogP contribution in [0.3, 0.4) is 0 Å². The number of carbonyl (C=O) groups excluding carboxylic acids is 3. The third-order valence-electron chi connectivity index (χ3n) is 3.78. The van der Waals surface area contributed by atoms with Gasteiger partial charge in [-0.1, -0.05) is 13.8 Å². The van der Waals surface area contributed by atoms with E-state index in [-0.39, 0.29) is 11.9 Å². The van der Waals surface area contributed by atoms with E-state index in [1.54, 1.807) is 13.8 Å². The van der Waals surface area contributed by atoms with Gasteiger partial charge in [-0.25, -0.2) is 4.79 Å². The molecule has 0 aliphatic carbocycles. The lowest BCUT2D eigenvalue weighted by molar-refractivity contribution is -0.153. The molecule has 1 aliphatic heterocycles. The Hall–Kier alpha value is -1.43. The molecule has 1 saturated heterocycles. The van der Waals surface area contributed by atoms with Gasteiger partial charge in [-0.15, -0.1) is 0 Å². The molecule has 1 aliphatic rings. The molecule has 0 bridgehead atoms. The topological polar surface area (TPSA) is 69.7 Å². The van der Waals surface area contributed by atoms with Crippen LogP contribution in [0.4, 0.5) is 4.79 Å². The minimum Gasteiger partial charge on any atom is -0.307 e. The molecule has 1 atom stereocenters. The number of urea groups is 1. The quantitative estimate of drug-likeness (QED) is 0.750. The van der Waals surface area contributed by atoms with Gasteiger partial charge in [0.1, 0.15) is 5.41 Å². The van der Waals surface area contributed by atoms with Gasteiger partial charge in [0.15, 0.2) is 0 Å². The second-order valence-electron chi connectivity index (χ2n) is 5.33. The predicted octanol–water partition coefficient (Wildman–Crippen LogP) is 0.821. The highest BCUT2D eigenvalue weighted by Crippen LogP contribution is 2.33. The fourth-order valence-electron chi connectivity index (χ4n) is 2.58. The number of nitrogens with zero attached hydrogens (tertiary/aromatic N) is 2. The lowest BCUT2D eigenvalue weighted by Crippen LogP contribution is -2.66. The summed E-state index contributed by atoms with van der Waals surface area (Å²) >= 11 is 0. The van der Waals surface area contributed by atoms with E-state index in [9.17, 15) is 14.4 Å². The number of barbiturate groups is 1. The Bertz CT molecular complexity index is 389. The van der Waals surface area contributed by atoms with Crippen LogP contribution in [-0.4, -0.2) is 54.3 Å². The van der Waals surface area contributed by atoms with Crippen LogP contribution >= 0.6 is 0 Å². The van der Waals surface area contributed by atoms with Crippen LogP contribution < -0.4 is 5.32 Å². The first-order chi connectivity index (χ1) is 8.80. The zero-order chi connectivity index (χ0) is 14.8. The van der Waals surface area contributed by atoms with Gasteiger partial charge >= 0.3 is 6.03 Å². The fourth-order valence-corrected chi connectivity index (χ4v) is 2.58. The number of amides is 4.